The van der Waals surface area contributed by atoms with E-state index in [1.54, 1.807) is 6.07 Å². The van der Waals surface area contributed by atoms with Gasteiger partial charge < -0.3 is 13.9 Å². The van der Waals surface area contributed by atoms with E-state index in [0.29, 0.717) is 28.9 Å². The predicted molar refractivity (Wildman–Crippen MR) is 86.0 cm³/mol. The average Bonchev–Trinajstić information content (AvgIpc) is 2.43. The van der Waals surface area contributed by atoms with Crippen molar-refractivity contribution in [2.24, 2.45) is 0 Å². The Bertz CT molecular complexity index is 480. The van der Waals surface area contributed by atoms with Crippen LogP contribution in [0.25, 0.3) is 0 Å². The first-order valence-electron chi connectivity index (χ1n) is 7.65. The molecule has 3 nitrogen and oxygen atoms in total. The fourth-order valence-corrected chi connectivity index (χ4v) is 2.66. The van der Waals surface area contributed by atoms with E-state index < -0.39 is 17.7 Å². The monoisotopic (exact) mass is 350 g/mol. The fraction of sp³-hybridized carbons (Fsp3) is 0.625. The van der Waals surface area contributed by atoms with Gasteiger partial charge in [0.05, 0.1) is 17.8 Å². The highest BCUT2D eigenvalue weighted by molar-refractivity contribution is 5.98. The lowest BCUT2D eigenvalue weighted by Gasteiger charge is -2.36. The predicted octanol–water partition coefficient (Wildman–Crippen LogP) is 3.44. The van der Waals surface area contributed by atoms with Crippen molar-refractivity contribution in [1.82, 2.24) is 0 Å². The van der Waals surface area contributed by atoms with Crippen molar-refractivity contribution < 1.29 is 27.1 Å². The molecule has 0 aromatic heterocycles. The van der Waals surface area contributed by atoms with Gasteiger partial charge in [0.2, 0.25) is 0 Å². The quantitative estimate of drug-likeness (QED) is 0.531. The molecule has 0 aliphatic rings. The van der Waals surface area contributed by atoms with Crippen LogP contribution < -0.4 is 0 Å². The van der Waals surface area contributed by atoms with E-state index in [2.05, 4.69) is 0 Å². The molecule has 0 aliphatic heterocycles. The first-order chi connectivity index (χ1) is 10.6. The summed E-state index contributed by atoms with van der Waals surface area (Å²) >= 11 is 0. The summed E-state index contributed by atoms with van der Waals surface area (Å²) in [6.45, 7) is 7.46. The van der Waals surface area contributed by atoms with Gasteiger partial charge in [0.1, 0.15) is 0 Å². The molecule has 23 heavy (non-hydrogen) atoms. The van der Waals surface area contributed by atoms with Crippen molar-refractivity contribution in [3.8, 4) is 0 Å². The molecular formula is C16H25F3O3Si. The Balaban J connectivity index is 2.89. The third-order valence-electron chi connectivity index (χ3n) is 3.12. The van der Waals surface area contributed by atoms with Gasteiger partial charge in [-0.1, -0.05) is 18.2 Å². The van der Waals surface area contributed by atoms with Crippen molar-refractivity contribution in [2.75, 3.05) is 0 Å². The van der Waals surface area contributed by atoms with Crippen molar-refractivity contribution in [3.05, 3.63) is 35.4 Å². The van der Waals surface area contributed by atoms with Crippen LogP contribution in [0.15, 0.2) is 24.3 Å². The molecule has 0 radical (unpaired) electrons. The third-order valence-corrected chi connectivity index (χ3v) is 3.74. The van der Waals surface area contributed by atoms with Gasteiger partial charge in [-0.05, 0) is 45.7 Å². The smallest absolute Gasteiger partial charge is 0.380 e. The van der Waals surface area contributed by atoms with Crippen molar-refractivity contribution >= 4 is 10.5 Å². The highest BCUT2D eigenvalue weighted by Crippen LogP contribution is 2.31. The molecule has 0 aliphatic carbocycles. The first-order valence-corrected chi connectivity index (χ1v) is 8.46. The molecule has 7 heteroatoms. The molecule has 0 saturated carbocycles. The Labute approximate surface area is 138 Å². The molecule has 0 fully saturated rings. The fourth-order valence-electron chi connectivity index (χ4n) is 2.26. The number of rotatable bonds is 8. The molecular weight excluding hydrogens is 325 g/mol. The van der Waals surface area contributed by atoms with E-state index in [0.717, 1.165) is 12.1 Å². The number of hydrogen-bond acceptors (Lipinski definition) is 3. The highest BCUT2D eigenvalue weighted by atomic mass is 28.2. The Kier molecular flexibility index (Phi) is 7.25. The number of hydrogen-bond donors (Lipinski definition) is 0. The zero-order valence-corrected chi connectivity index (χ0v) is 16.2. The second-order valence-electron chi connectivity index (χ2n) is 5.92. The standard InChI is InChI=1S/C16H25F3O3Si/c1-11(2)20-15(22-23,21-12(3)4)9-8-13-6-5-7-14(10-13)16(17,18)19/h5-7,10-12H,8-9H2,1-4,23H3. The van der Waals surface area contributed by atoms with Gasteiger partial charge in [-0.2, -0.15) is 13.2 Å². The topological polar surface area (TPSA) is 27.7 Å². The van der Waals surface area contributed by atoms with E-state index in [9.17, 15) is 13.2 Å². The molecule has 1 aromatic carbocycles. The Hall–Kier alpha value is -0.893. The van der Waals surface area contributed by atoms with Crippen LogP contribution in [0.5, 0.6) is 0 Å². The SMILES string of the molecule is CC(C)OC(CCc1cccc(C(F)(F)F)c1)(O[SiH3])OC(C)C. The number of ether oxygens (including phenoxy) is 2. The van der Waals surface area contributed by atoms with Gasteiger partial charge in [-0.3, -0.25) is 0 Å². The summed E-state index contributed by atoms with van der Waals surface area (Å²) in [5.74, 6) is -1.21. The molecule has 0 saturated heterocycles. The Morgan fingerprint density at radius 3 is 2.04 bits per heavy atom. The van der Waals surface area contributed by atoms with Crippen LogP contribution in [-0.2, 0) is 26.5 Å². The van der Waals surface area contributed by atoms with Crippen molar-refractivity contribution in [2.45, 2.75) is 64.9 Å². The van der Waals surface area contributed by atoms with E-state index in [1.807, 2.05) is 27.7 Å². The van der Waals surface area contributed by atoms with Crippen molar-refractivity contribution in [1.29, 1.82) is 0 Å². The van der Waals surface area contributed by atoms with Crippen LogP contribution >= 0.6 is 0 Å². The molecule has 1 aromatic rings. The van der Waals surface area contributed by atoms with Gasteiger partial charge in [0, 0.05) is 6.42 Å². The van der Waals surface area contributed by atoms with Crippen molar-refractivity contribution in [3.63, 3.8) is 0 Å². The maximum atomic E-state index is 12.8. The normalized spacial score (nSPS) is 13.3. The summed E-state index contributed by atoms with van der Waals surface area (Å²) in [5, 5.41) is 0. The molecule has 0 spiro atoms. The minimum atomic E-state index is -4.34. The van der Waals surface area contributed by atoms with E-state index >= 15 is 0 Å². The van der Waals surface area contributed by atoms with Crippen LogP contribution in [0.3, 0.4) is 0 Å². The van der Waals surface area contributed by atoms with E-state index in [4.69, 9.17) is 13.9 Å². The van der Waals surface area contributed by atoms with Gasteiger partial charge in [-0.25, -0.2) is 0 Å². The van der Waals surface area contributed by atoms with Crippen LogP contribution in [0.1, 0.15) is 45.2 Å². The molecule has 0 heterocycles. The minimum Gasteiger partial charge on any atom is -0.380 e. The number of alkyl halides is 3. The largest absolute Gasteiger partial charge is 0.416 e. The molecule has 0 atom stereocenters. The van der Waals surface area contributed by atoms with Gasteiger partial charge in [0.15, 0.2) is 10.5 Å². The second-order valence-corrected chi connectivity index (χ2v) is 6.33. The average molecular weight is 350 g/mol. The second kappa shape index (κ2) is 8.28. The van der Waals surface area contributed by atoms with Gasteiger partial charge in [0.25, 0.3) is 5.97 Å². The summed E-state index contributed by atoms with van der Waals surface area (Å²) in [6.07, 6.45) is -3.89. The lowest BCUT2D eigenvalue weighted by molar-refractivity contribution is -0.368. The van der Waals surface area contributed by atoms with E-state index in [-0.39, 0.29) is 12.2 Å². The lowest BCUT2D eigenvalue weighted by Crippen LogP contribution is -2.43. The summed E-state index contributed by atoms with van der Waals surface area (Å²) in [7, 11) is 0.395. The molecule has 0 N–H and O–H groups in total. The Morgan fingerprint density at radius 1 is 1.04 bits per heavy atom. The molecule has 0 amide bonds. The maximum Gasteiger partial charge on any atom is 0.416 e. The van der Waals surface area contributed by atoms with E-state index in [1.165, 1.54) is 6.07 Å². The molecule has 0 unspecified atom stereocenters. The number of halogens is 3. The minimum absolute atomic E-state index is 0.121. The zero-order valence-electron chi connectivity index (χ0n) is 14.2. The first kappa shape index (κ1) is 20.2. The highest BCUT2D eigenvalue weighted by Gasteiger charge is 2.34. The van der Waals surface area contributed by atoms with Gasteiger partial charge >= 0.3 is 6.18 Å². The van der Waals surface area contributed by atoms with Crippen LogP contribution in [0.4, 0.5) is 13.2 Å². The zero-order chi connectivity index (χ0) is 17.7. The van der Waals surface area contributed by atoms with Crippen LogP contribution in [0, 0.1) is 0 Å². The Morgan fingerprint density at radius 2 is 1.61 bits per heavy atom. The molecule has 132 valence electrons. The maximum absolute atomic E-state index is 12.8. The molecule has 0 bridgehead atoms. The van der Waals surface area contributed by atoms with Crippen LogP contribution in [0.2, 0.25) is 0 Å². The number of benzene rings is 1. The summed E-state index contributed by atoms with van der Waals surface area (Å²) in [4.78, 5) is 0. The van der Waals surface area contributed by atoms with Crippen LogP contribution in [-0.4, -0.2) is 28.7 Å². The summed E-state index contributed by atoms with van der Waals surface area (Å²) in [6, 6.07) is 5.30. The summed E-state index contributed by atoms with van der Waals surface area (Å²) < 4.78 is 55.5. The number of aryl methyl sites for hydroxylation is 1. The summed E-state index contributed by atoms with van der Waals surface area (Å²) in [5.41, 5.74) is -0.0791. The molecule has 1 rings (SSSR count). The lowest BCUT2D eigenvalue weighted by atomic mass is 10.1. The third kappa shape index (κ3) is 6.62. The van der Waals surface area contributed by atoms with Gasteiger partial charge in [-0.15, -0.1) is 0 Å².